The van der Waals surface area contributed by atoms with Gasteiger partial charge in [0.05, 0.1) is 12.2 Å². The Balaban J connectivity index is 1.59. The smallest absolute Gasteiger partial charge is 0.0940 e. The molecule has 11 heavy (non-hydrogen) atoms. The Morgan fingerprint density at radius 3 is 2.27 bits per heavy atom. The molecule has 1 saturated carbocycles. The zero-order chi connectivity index (χ0) is 7.31. The van der Waals surface area contributed by atoms with Crippen molar-refractivity contribution in [2.45, 2.75) is 37.3 Å². The van der Waals surface area contributed by atoms with Crippen LogP contribution in [0.4, 0.5) is 0 Å². The number of nitrogens with zero attached hydrogens (tertiary/aromatic N) is 1. The molecule has 1 aliphatic carbocycles. The minimum Gasteiger partial charge on any atom is -0.369 e. The van der Waals surface area contributed by atoms with Crippen LogP contribution in [0.15, 0.2) is 0 Å². The highest BCUT2D eigenvalue weighted by Gasteiger charge is 2.48. The Morgan fingerprint density at radius 1 is 1.18 bits per heavy atom. The first-order valence-corrected chi connectivity index (χ1v) is 4.76. The summed E-state index contributed by atoms with van der Waals surface area (Å²) in [6, 6.07) is 0.964. The van der Waals surface area contributed by atoms with Gasteiger partial charge in [-0.2, -0.15) is 0 Å². The van der Waals surface area contributed by atoms with Crippen LogP contribution < -0.4 is 0 Å². The molecular weight excluding hydrogens is 138 g/mol. The van der Waals surface area contributed by atoms with Gasteiger partial charge in [0.1, 0.15) is 0 Å². The fraction of sp³-hybridized carbons (Fsp3) is 1.00. The molecule has 1 spiro atoms. The fourth-order valence-electron chi connectivity index (χ4n) is 2.13. The van der Waals surface area contributed by atoms with Gasteiger partial charge in [-0.05, 0) is 25.7 Å². The van der Waals surface area contributed by atoms with Crippen molar-refractivity contribution in [3.8, 4) is 0 Å². The van der Waals surface area contributed by atoms with E-state index in [2.05, 4.69) is 4.90 Å². The van der Waals surface area contributed by atoms with Crippen molar-refractivity contribution in [2.24, 2.45) is 0 Å². The maximum absolute atomic E-state index is 5.46. The normalized spacial score (nSPS) is 36.0. The van der Waals surface area contributed by atoms with Crippen molar-refractivity contribution in [3.05, 3.63) is 0 Å². The van der Waals surface area contributed by atoms with Crippen LogP contribution in [0.25, 0.3) is 0 Å². The summed E-state index contributed by atoms with van der Waals surface area (Å²) in [7, 11) is 0. The minimum absolute atomic E-state index is 0.380. The van der Waals surface area contributed by atoms with E-state index in [1.165, 1.54) is 38.8 Å². The third-order valence-corrected chi connectivity index (χ3v) is 3.33. The average molecular weight is 153 g/mol. The quantitative estimate of drug-likeness (QED) is 0.523. The molecule has 0 unspecified atom stereocenters. The number of likely N-dealkylation sites (tertiary alicyclic amines) is 1. The number of ether oxygens (including phenoxy) is 1. The molecule has 3 rings (SSSR count). The second kappa shape index (κ2) is 1.99. The second-order valence-corrected chi connectivity index (χ2v) is 4.24. The first-order chi connectivity index (χ1) is 5.38. The van der Waals surface area contributed by atoms with Gasteiger partial charge in [-0.25, -0.2) is 0 Å². The van der Waals surface area contributed by atoms with E-state index in [4.69, 9.17) is 4.74 Å². The molecule has 0 aromatic carbocycles. The molecular formula is C9H15NO. The summed E-state index contributed by atoms with van der Waals surface area (Å²) in [5.74, 6) is 0. The lowest BCUT2D eigenvalue weighted by molar-refractivity contribution is 0.141. The van der Waals surface area contributed by atoms with Crippen molar-refractivity contribution in [1.29, 1.82) is 0 Å². The Hall–Kier alpha value is -0.0800. The maximum Gasteiger partial charge on any atom is 0.0940 e. The second-order valence-electron chi connectivity index (χ2n) is 4.24. The van der Waals surface area contributed by atoms with Crippen molar-refractivity contribution >= 4 is 0 Å². The highest BCUT2D eigenvalue weighted by atomic mass is 16.6. The molecule has 2 heterocycles. The molecule has 0 aromatic heterocycles. The summed E-state index contributed by atoms with van der Waals surface area (Å²) in [5.41, 5.74) is 0.380. The fourth-order valence-corrected chi connectivity index (χ4v) is 2.13. The van der Waals surface area contributed by atoms with Gasteiger partial charge >= 0.3 is 0 Å². The van der Waals surface area contributed by atoms with E-state index < -0.39 is 0 Å². The molecule has 2 nitrogen and oxygen atoms in total. The molecule has 2 aliphatic heterocycles. The Labute approximate surface area is 67.5 Å². The van der Waals surface area contributed by atoms with E-state index in [0.717, 1.165) is 12.6 Å². The highest BCUT2D eigenvalue weighted by molar-refractivity contribution is 4.99. The van der Waals surface area contributed by atoms with Gasteiger partial charge < -0.3 is 9.64 Å². The van der Waals surface area contributed by atoms with Crippen molar-refractivity contribution < 1.29 is 4.74 Å². The molecule has 2 heteroatoms. The van der Waals surface area contributed by atoms with Crippen LogP contribution >= 0.6 is 0 Å². The number of hydrogen-bond acceptors (Lipinski definition) is 2. The minimum atomic E-state index is 0.380. The molecule has 62 valence electrons. The molecule has 0 amide bonds. The van der Waals surface area contributed by atoms with E-state index in [1.54, 1.807) is 0 Å². The first-order valence-electron chi connectivity index (χ1n) is 4.76. The third-order valence-electron chi connectivity index (χ3n) is 3.33. The summed E-state index contributed by atoms with van der Waals surface area (Å²) in [6.07, 6.45) is 5.49. The molecule has 3 aliphatic rings. The summed E-state index contributed by atoms with van der Waals surface area (Å²) in [6.45, 7) is 3.64. The molecule has 0 aromatic rings. The first kappa shape index (κ1) is 6.44. The van der Waals surface area contributed by atoms with Crippen LogP contribution in [-0.4, -0.2) is 36.2 Å². The van der Waals surface area contributed by atoms with Crippen LogP contribution in [0.2, 0.25) is 0 Å². The highest BCUT2D eigenvalue weighted by Crippen LogP contribution is 2.40. The number of hydrogen-bond donors (Lipinski definition) is 0. The monoisotopic (exact) mass is 153 g/mol. The van der Waals surface area contributed by atoms with Crippen LogP contribution in [0.1, 0.15) is 25.7 Å². The van der Waals surface area contributed by atoms with Crippen LogP contribution in [0.5, 0.6) is 0 Å². The predicted octanol–water partition coefficient (Wildman–Crippen LogP) is 1.01. The molecule has 3 fully saturated rings. The SMILES string of the molecule is C1CC1N1CCC2(CC1)CO2. The molecule has 0 N–H and O–H groups in total. The van der Waals surface area contributed by atoms with E-state index in [-0.39, 0.29) is 0 Å². The maximum atomic E-state index is 5.46. The summed E-state index contributed by atoms with van der Waals surface area (Å²) < 4.78 is 5.46. The van der Waals surface area contributed by atoms with Gasteiger partial charge in [0, 0.05) is 19.1 Å². The lowest BCUT2D eigenvalue weighted by Gasteiger charge is -2.30. The van der Waals surface area contributed by atoms with Crippen LogP contribution in [0.3, 0.4) is 0 Å². The van der Waals surface area contributed by atoms with Crippen molar-refractivity contribution in [1.82, 2.24) is 4.90 Å². The summed E-state index contributed by atoms with van der Waals surface area (Å²) in [4.78, 5) is 2.65. The lowest BCUT2D eigenvalue weighted by Crippen LogP contribution is -2.38. The molecule has 0 radical (unpaired) electrons. The zero-order valence-corrected chi connectivity index (χ0v) is 6.88. The van der Waals surface area contributed by atoms with Gasteiger partial charge in [-0.15, -0.1) is 0 Å². The number of epoxide rings is 1. The largest absolute Gasteiger partial charge is 0.369 e. The molecule has 0 atom stereocenters. The molecule has 2 saturated heterocycles. The van der Waals surface area contributed by atoms with Gasteiger partial charge in [0.2, 0.25) is 0 Å². The Morgan fingerprint density at radius 2 is 1.82 bits per heavy atom. The number of piperidine rings is 1. The summed E-state index contributed by atoms with van der Waals surface area (Å²) >= 11 is 0. The van der Waals surface area contributed by atoms with E-state index in [0.29, 0.717) is 5.60 Å². The van der Waals surface area contributed by atoms with Gasteiger partial charge in [0.15, 0.2) is 0 Å². The average Bonchev–Trinajstić information content (AvgIpc) is 2.86. The van der Waals surface area contributed by atoms with Crippen LogP contribution in [0, 0.1) is 0 Å². The van der Waals surface area contributed by atoms with E-state index in [9.17, 15) is 0 Å². The number of rotatable bonds is 1. The van der Waals surface area contributed by atoms with Crippen molar-refractivity contribution in [2.75, 3.05) is 19.7 Å². The van der Waals surface area contributed by atoms with E-state index >= 15 is 0 Å². The van der Waals surface area contributed by atoms with Gasteiger partial charge in [-0.1, -0.05) is 0 Å². The molecule has 0 bridgehead atoms. The van der Waals surface area contributed by atoms with Crippen molar-refractivity contribution in [3.63, 3.8) is 0 Å². The van der Waals surface area contributed by atoms with Gasteiger partial charge in [-0.3, -0.25) is 0 Å². The zero-order valence-electron chi connectivity index (χ0n) is 6.88. The summed E-state index contributed by atoms with van der Waals surface area (Å²) in [5, 5.41) is 0. The lowest BCUT2D eigenvalue weighted by atomic mass is 9.98. The van der Waals surface area contributed by atoms with Crippen LogP contribution in [-0.2, 0) is 4.74 Å². The third kappa shape index (κ3) is 1.09. The standard InChI is InChI=1S/C9H15NO/c1-2-8(1)10-5-3-9(4-6-10)7-11-9/h8H,1-7H2. The topological polar surface area (TPSA) is 15.8 Å². The Kier molecular flexibility index (Phi) is 1.16. The Bertz CT molecular complexity index is 162. The van der Waals surface area contributed by atoms with Gasteiger partial charge in [0.25, 0.3) is 0 Å². The van der Waals surface area contributed by atoms with E-state index in [1.807, 2.05) is 0 Å². The predicted molar refractivity (Wildman–Crippen MR) is 42.5 cm³/mol.